The van der Waals surface area contributed by atoms with Crippen LogP contribution in [0.5, 0.6) is 0 Å². The van der Waals surface area contributed by atoms with Gasteiger partial charge in [0.2, 0.25) is 0 Å². The Hall–Kier alpha value is -4.77. The van der Waals surface area contributed by atoms with Gasteiger partial charge in [0, 0.05) is 36.4 Å². The number of carbonyl (C=O) groups is 1. The molecule has 5 heterocycles. The number of primary amides is 1. The summed E-state index contributed by atoms with van der Waals surface area (Å²) in [6, 6.07) is 14.2. The second-order valence-corrected chi connectivity index (χ2v) is 10.6. The molecule has 0 spiro atoms. The number of ether oxygens (including phenoxy) is 1. The molecular formula is C30H28FN7O3. The van der Waals surface area contributed by atoms with Crippen LogP contribution in [0, 0.1) is 5.82 Å². The second kappa shape index (κ2) is 9.70. The Labute approximate surface area is 234 Å². The standard InChI is InChI=1S/C30H28FN7O3/c31-23-13-17(8-9-21(23)22-14-36(19-10-12-41-15-19)29-24(22)27(32)34-16-35-29)20-7-4-11-37-26(20)25(28(33)39)30(40)38(37)18-5-2-1-3-6-18/h1-3,5-6,8-9,13-14,16,19-20H,4,7,10-12,15H2,(H2,33,39)(H2,32,34,35). The summed E-state index contributed by atoms with van der Waals surface area (Å²) >= 11 is 0. The van der Waals surface area contributed by atoms with E-state index in [-0.39, 0.29) is 17.4 Å². The van der Waals surface area contributed by atoms with Crippen molar-refractivity contribution in [3.05, 3.63) is 94.0 Å². The molecule has 1 amide bonds. The first-order valence-corrected chi connectivity index (χ1v) is 13.6. The Kier molecular flexibility index (Phi) is 5.97. The monoisotopic (exact) mass is 553 g/mol. The van der Waals surface area contributed by atoms with E-state index in [1.54, 1.807) is 18.2 Å². The molecule has 7 rings (SSSR count). The first-order chi connectivity index (χ1) is 19.9. The average Bonchev–Trinajstić information content (AvgIpc) is 3.70. The summed E-state index contributed by atoms with van der Waals surface area (Å²) in [5.41, 5.74) is 14.9. The number of rotatable bonds is 5. The Morgan fingerprint density at radius 2 is 1.90 bits per heavy atom. The summed E-state index contributed by atoms with van der Waals surface area (Å²) < 4.78 is 26.9. The number of carbonyl (C=O) groups excluding carboxylic acids is 1. The lowest BCUT2D eigenvalue weighted by Crippen LogP contribution is -2.26. The third kappa shape index (κ3) is 3.95. The lowest BCUT2D eigenvalue weighted by atomic mass is 9.86. The lowest BCUT2D eigenvalue weighted by Gasteiger charge is -2.27. The summed E-state index contributed by atoms with van der Waals surface area (Å²) in [5, 5.41) is 0.591. The lowest BCUT2D eigenvalue weighted by molar-refractivity contribution is 0.0997. The molecular weight excluding hydrogens is 525 g/mol. The zero-order chi connectivity index (χ0) is 28.2. The molecule has 0 radical (unpaired) electrons. The molecule has 2 aliphatic heterocycles. The number of nitrogens with zero attached hydrogens (tertiary/aromatic N) is 5. The maximum absolute atomic E-state index is 16.0. The predicted octanol–water partition coefficient (Wildman–Crippen LogP) is 3.76. The highest BCUT2D eigenvalue weighted by Crippen LogP contribution is 2.40. The zero-order valence-electron chi connectivity index (χ0n) is 22.2. The molecule has 5 aromatic rings. The van der Waals surface area contributed by atoms with Crippen molar-refractivity contribution in [1.82, 2.24) is 23.9 Å². The number of aromatic nitrogens is 5. The van der Waals surface area contributed by atoms with Crippen LogP contribution in [0.3, 0.4) is 0 Å². The average molecular weight is 554 g/mol. The Balaban J connectivity index is 1.35. The van der Waals surface area contributed by atoms with E-state index in [1.165, 1.54) is 17.1 Å². The maximum Gasteiger partial charge on any atom is 0.284 e. The van der Waals surface area contributed by atoms with Gasteiger partial charge in [-0.05, 0) is 43.0 Å². The largest absolute Gasteiger partial charge is 0.383 e. The van der Waals surface area contributed by atoms with Gasteiger partial charge in [-0.1, -0.05) is 30.3 Å². The Morgan fingerprint density at radius 1 is 1.07 bits per heavy atom. The van der Waals surface area contributed by atoms with E-state index < -0.39 is 23.2 Å². The second-order valence-electron chi connectivity index (χ2n) is 10.6. The van der Waals surface area contributed by atoms with Gasteiger partial charge in [0.05, 0.1) is 29.4 Å². The van der Waals surface area contributed by atoms with Gasteiger partial charge in [0.1, 0.15) is 29.2 Å². The van der Waals surface area contributed by atoms with Crippen LogP contribution in [0.2, 0.25) is 0 Å². The van der Waals surface area contributed by atoms with Crippen molar-refractivity contribution in [3.8, 4) is 16.8 Å². The quantitative estimate of drug-likeness (QED) is 0.340. The summed E-state index contributed by atoms with van der Waals surface area (Å²) in [6.07, 6.45) is 5.48. The number of nitrogen functional groups attached to an aromatic ring is 1. The van der Waals surface area contributed by atoms with E-state index >= 15 is 4.39 Å². The van der Waals surface area contributed by atoms with Crippen molar-refractivity contribution < 1.29 is 13.9 Å². The van der Waals surface area contributed by atoms with E-state index in [1.807, 2.05) is 39.7 Å². The molecule has 41 heavy (non-hydrogen) atoms. The molecule has 2 atom stereocenters. The van der Waals surface area contributed by atoms with Gasteiger partial charge >= 0.3 is 0 Å². The fourth-order valence-corrected chi connectivity index (χ4v) is 6.40. The van der Waals surface area contributed by atoms with Gasteiger partial charge in [-0.2, -0.15) is 0 Å². The molecule has 3 aromatic heterocycles. The summed E-state index contributed by atoms with van der Waals surface area (Å²) in [4.78, 5) is 34.7. The van der Waals surface area contributed by atoms with Crippen molar-refractivity contribution in [3.63, 3.8) is 0 Å². The zero-order valence-corrected chi connectivity index (χ0v) is 22.2. The number of nitrogens with two attached hydrogens (primary N) is 2. The molecule has 0 bridgehead atoms. The third-order valence-electron chi connectivity index (χ3n) is 8.25. The Bertz CT molecular complexity index is 1870. The SMILES string of the molecule is NC(=O)c1c2n(n(-c3ccccc3)c1=O)CCCC2c1ccc(-c2cn(C3CCOC3)c3ncnc(N)c23)c(F)c1. The molecule has 2 aromatic carbocycles. The Morgan fingerprint density at radius 3 is 2.63 bits per heavy atom. The van der Waals surface area contributed by atoms with Crippen molar-refractivity contribution in [1.29, 1.82) is 0 Å². The van der Waals surface area contributed by atoms with Crippen LogP contribution in [0.1, 0.15) is 52.8 Å². The van der Waals surface area contributed by atoms with Crippen LogP contribution in [-0.4, -0.2) is 43.0 Å². The third-order valence-corrected chi connectivity index (χ3v) is 8.25. The van der Waals surface area contributed by atoms with Gasteiger partial charge in [-0.15, -0.1) is 0 Å². The number of benzene rings is 2. The fourth-order valence-electron chi connectivity index (χ4n) is 6.40. The van der Waals surface area contributed by atoms with Crippen LogP contribution in [0.15, 0.2) is 65.8 Å². The van der Waals surface area contributed by atoms with Crippen LogP contribution in [0.25, 0.3) is 27.8 Å². The first kappa shape index (κ1) is 25.2. The van der Waals surface area contributed by atoms with Crippen LogP contribution in [0.4, 0.5) is 10.2 Å². The van der Waals surface area contributed by atoms with E-state index in [9.17, 15) is 9.59 Å². The van der Waals surface area contributed by atoms with E-state index in [2.05, 4.69) is 9.97 Å². The highest BCUT2D eigenvalue weighted by Gasteiger charge is 2.34. The number of halogens is 1. The minimum atomic E-state index is -0.795. The van der Waals surface area contributed by atoms with Gasteiger partial charge in [0.25, 0.3) is 11.5 Å². The van der Waals surface area contributed by atoms with Gasteiger partial charge in [-0.3, -0.25) is 14.3 Å². The minimum absolute atomic E-state index is 0.0604. The number of hydrogen-bond donors (Lipinski definition) is 2. The van der Waals surface area contributed by atoms with Gasteiger partial charge < -0.3 is 20.8 Å². The van der Waals surface area contributed by atoms with Crippen molar-refractivity contribution in [2.45, 2.75) is 37.8 Å². The number of anilines is 1. The highest BCUT2D eigenvalue weighted by molar-refractivity contribution is 6.01. The van der Waals surface area contributed by atoms with E-state index in [0.29, 0.717) is 65.3 Å². The number of para-hydroxylation sites is 1. The van der Waals surface area contributed by atoms with Crippen molar-refractivity contribution >= 4 is 22.8 Å². The van der Waals surface area contributed by atoms with Crippen LogP contribution in [-0.2, 0) is 11.3 Å². The fraction of sp³-hybridized carbons (Fsp3) is 0.267. The van der Waals surface area contributed by atoms with Crippen LogP contribution < -0.4 is 17.0 Å². The summed E-state index contributed by atoms with van der Waals surface area (Å²) in [7, 11) is 0. The molecule has 1 saturated heterocycles. The van der Waals surface area contributed by atoms with Crippen LogP contribution >= 0.6 is 0 Å². The normalized spacial score (nSPS) is 18.6. The molecule has 2 aliphatic rings. The molecule has 2 unspecified atom stereocenters. The highest BCUT2D eigenvalue weighted by atomic mass is 19.1. The first-order valence-electron chi connectivity index (χ1n) is 13.6. The van der Waals surface area contributed by atoms with Crippen molar-refractivity contribution in [2.75, 3.05) is 18.9 Å². The minimum Gasteiger partial charge on any atom is -0.383 e. The van der Waals surface area contributed by atoms with Crippen molar-refractivity contribution in [2.24, 2.45) is 5.73 Å². The van der Waals surface area contributed by atoms with E-state index in [0.717, 1.165) is 12.8 Å². The van der Waals surface area contributed by atoms with Gasteiger partial charge in [-0.25, -0.2) is 19.0 Å². The number of amides is 1. The molecule has 1 fully saturated rings. The molecule has 10 nitrogen and oxygen atoms in total. The molecule has 0 aliphatic carbocycles. The molecule has 11 heteroatoms. The van der Waals surface area contributed by atoms with Gasteiger partial charge in [0.15, 0.2) is 0 Å². The smallest absolute Gasteiger partial charge is 0.284 e. The molecule has 208 valence electrons. The maximum atomic E-state index is 16.0. The number of fused-ring (bicyclic) bond motifs is 2. The van der Waals surface area contributed by atoms with E-state index in [4.69, 9.17) is 16.2 Å². The summed E-state index contributed by atoms with van der Waals surface area (Å²) in [5.74, 6) is -1.36. The topological polar surface area (TPSA) is 136 Å². The molecule has 0 saturated carbocycles. The summed E-state index contributed by atoms with van der Waals surface area (Å²) in [6.45, 7) is 1.73. The molecule has 4 N–H and O–H groups in total. The predicted molar refractivity (Wildman–Crippen MR) is 151 cm³/mol. The number of hydrogen-bond acceptors (Lipinski definition) is 6.